The number of aromatic nitrogens is 2. The van der Waals surface area contributed by atoms with Gasteiger partial charge in [0.05, 0.1) is 4.90 Å². The molecule has 0 aliphatic heterocycles. The standard InChI is InChI=1S/C12H9N3O2S2/c1-19(16,17)11-5-3-2-4-10(11)18-12-9(8-13)14-6-7-15-12/h2-7H,1H3. The average molecular weight is 291 g/mol. The van der Waals surface area contributed by atoms with Gasteiger partial charge in [-0.05, 0) is 12.1 Å². The molecule has 0 fully saturated rings. The molecule has 0 atom stereocenters. The Kier molecular flexibility index (Phi) is 3.83. The number of rotatable bonds is 3. The molecule has 0 aliphatic rings. The van der Waals surface area contributed by atoms with Gasteiger partial charge in [0.1, 0.15) is 11.1 Å². The van der Waals surface area contributed by atoms with Gasteiger partial charge in [0, 0.05) is 23.5 Å². The quantitative estimate of drug-likeness (QED) is 0.858. The monoisotopic (exact) mass is 291 g/mol. The lowest BCUT2D eigenvalue weighted by Crippen LogP contribution is -1.99. The second kappa shape index (κ2) is 5.38. The highest BCUT2D eigenvalue weighted by atomic mass is 32.2. The summed E-state index contributed by atoms with van der Waals surface area (Å²) < 4.78 is 23.4. The molecule has 0 amide bonds. The molecule has 0 spiro atoms. The number of benzene rings is 1. The summed E-state index contributed by atoms with van der Waals surface area (Å²) in [6, 6.07) is 8.53. The molecule has 2 rings (SSSR count). The highest BCUT2D eigenvalue weighted by Crippen LogP contribution is 2.32. The number of hydrogen-bond donors (Lipinski definition) is 0. The fourth-order valence-corrected chi connectivity index (χ4v) is 3.59. The van der Waals surface area contributed by atoms with Crippen LogP contribution in [0.1, 0.15) is 5.69 Å². The van der Waals surface area contributed by atoms with E-state index in [2.05, 4.69) is 9.97 Å². The second-order valence-corrected chi connectivity index (χ2v) is 6.66. The third-order valence-corrected chi connectivity index (χ3v) is 4.58. The van der Waals surface area contributed by atoms with Gasteiger partial charge >= 0.3 is 0 Å². The Bertz CT molecular complexity index is 752. The van der Waals surface area contributed by atoms with E-state index in [0.29, 0.717) is 9.92 Å². The van der Waals surface area contributed by atoms with E-state index in [4.69, 9.17) is 5.26 Å². The molecule has 0 bridgehead atoms. The Hall–Kier alpha value is -1.91. The summed E-state index contributed by atoms with van der Waals surface area (Å²) in [5.41, 5.74) is 0.177. The highest BCUT2D eigenvalue weighted by molar-refractivity contribution is 8.00. The first-order valence-corrected chi connectivity index (χ1v) is 7.91. The van der Waals surface area contributed by atoms with Gasteiger partial charge < -0.3 is 0 Å². The summed E-state index contributed by atoms with van der Waals surface area (Å²) in [6.07, 6.45) is 4.03. The molecule has 0 radical (unpaired) electrons. The average Bonchev–Trinajstić information content (AvgIpc) is 2.39. The van der Waals surface area contributed by atoms with Crippen molar-refractivity contribution in [1.29, 1.82) is 5.26 Å². The Morgan fingerprint density at radius 2 is 1.89 bits per heavy atom. The van der Waals surface area contributed by atoms with E-state index in [9.17, 15) is 8.42 Å². The molecule has 1 aromatic heterocycles. The molecular formula is C12H9N3O2S2. The Labute approximate surface area is 115 Å². The van der Waals surface area contributed by atoms with Crippen molar-refractivity contribution in [2.45, 2.75) is 14.8 Å². The van der Waals surface area contributed by atoms with Gasteiger partial charge in [-0.15, -0.1) is 0 Å². The minimum absolute atomic E-state index is 0.177. The molecule has 96 valence electrons. The fraction of sp³-hybridized carbons (Fsp3) is 0.0833. The van der Waals surface area contributed by atoms with E-state index in [1.165, 1.54) is 18.5 Å². The lowest BCUT2D eigenvalue weighted by atomic mass is 10.4. The van der Waals surface area contributed by atoms with Crippen LogP contribution in [0.4, 0.5) is 0 Å². The maximum Gasteiger partial charge on any atom is 0.176 e. The first kappa shape index (κ1) is 13.5. The second-order valence-electron chi connectivity index (χ2n) is 3.64. The maximum absolute atomic E-state index is 11.7. The normalized spacial score (nSPS) is 10.9. The van der Waals surface area contributed by atoms with Crippen LogP contribution in [-0.2, 0) is 9.84 Å². The third-order valence-electron chi connectivity index (χ3n) is 2.23. The molecule has 19 heavy (non-hydrogen) atoms. The molecule has 7 heteroatoms. The maximum atomic E-state index is 11.7. The minimum atomic E-state index is -3.33. The fourth-order valence-electron chi connectivity index (χ4n) is 1.42. The van der Waals surface area contributed by atoms with Gasteiger partial charge in [-0.1, -0.05) is 23.9 Å². The summed E-state index contributed by atoms with van der Waals surface area (Å²) >= 11 is 1.12. The minimum Gasteiger partial charge on any atom is -0.245 e. The van der Waals surface area contributed by atoms with Gasteiger partial charge in [-0.3, -0.25) is 0 Å². The summed E-state index contributed by atoms with van der Waals surface area (Å²) in [4.78, 5) is 8.69. The largest absolute Gasteiger partial charge is 0.245 e. The van der Waals surface area contributed by atoms with Crippen LogP contribution in [0.15, 0.2) is 51.5 Å². The van der Waals surface area contributed by atoms with Crippen LogP contribution >= 0.6 is 11.8 Å². The first-order valence-electron chi connectivity index (χ1n) is 5.20. The third kappa shape index (κ3) is 3.10. The van der Waals surface area contributed by atoms with E-state index in [-0.39, 0.29) is 10.6 Å². The van der Waals surface area contributed by atoms with Crippen LogP contribution in [0.2, 0.25) is 0 Å². The molecule has 0 saturated carbocycles. The molecule has 0 aliphatic carbocycles. The van der Waals surface area contributed by atoms with Crippen molar-refractivity contribution in [2.24, 2.45) is 0 Å². The van der Waals surface area contributed by atoms with Crippen molar-refractivity contribution in [3.8, 4) is 6.07 Å². The lowest BCUT2D eigenvalue weighted by Gasteiger charge is -2.06. The Balaban J connectivity index is 2.48. The summed E-state index contributed by atoms with van der Waals surface area (Å²) in [5, 5.41) is 9.33. The van der Waals surface area contributed by atoms with Crippen LogP contribution in [0.5, 0.6) is 0 Å². The summed E-state index contributed by atoms with van der Waals surface area (Å²) in [5.74, 6) is 0. The zero-order valence-corrected chi connectivity index (χ0v) is 11.6. The number of nitriles is 1. The van der Waals surface area contributed by atoms with Gasteiger partial charge in [-0.2, -0.15) is 5.26 Å². The summed E-state index contributed by atoms with van der Waals surface area (Å²) in [6.45, 7) is 0. The number of sulfone groups is 1. The van der Waals surface area contributed by atoms with Crippen LogP contribution in [-0.4, -0.2) is 24.6 Å². The summed E-state index contributed by atoms with van der Waals surface area (Å²) in [7, 11) is -3.33. The van der Waals surface area contributed by atoms with Gasteiger partial charge in [0.2, 0.25) is 0 Å². The van der Waals surface area contributed by atoms with Gasteiger partial charge in [0.15, 0.2) is 15.5 Å². The van der Waals surface area contributed by atoms with Crippen molar-refractivity contribution in [3.63, 3.8) is 0 Å². The highest BCUT2D eigenvalue weighted by Gasteiger charge is 2.15. The predicted molar refractivity (Wildman–Crippen MR) is 70.4 cm³/mol. The van der Waals surface area contributed by atoms with Crippen molar-refractivity contribution < 1.29 is 8.42 Å². The lowest BCUT2D eigenvalue weighted by molar-refractivity contribution is 0.600. The molecule has 2 aromatic rings. The number of nitrogens with zero attached hydrogens (tertiary/aromatic N) is 3. The van der Waals surface area contributed by atoms with Gasteiger partial charge in [0.25, 0.3) is 0 Å². The van der Waals surface area contributed by atoms with E-state index in [1.54, 1.807) is 18.2 Å². The van der Waals surface area contributed by atoms with Crippen molar-refractivity contribution in [3.05, 3.63) is 42.4 Å². The number of hydrogen-bond acceptors (Lipinski definition) is 6. The molecule has 1 heterocycles. The predicted octanol–water partition coefficient (Wildman–Crippen LogP) is 1.90. The Morgan fingerprint density at radius 3 is 2.58 bits per heavy atom. The van der Waals surface area contributed by atoms with E-state index in [1.807, 2.05) is 6.07 Å². The molecule has 0 unspecified atom stereocenters. The van der Waals surface area contributed by atoms with Crippen LogP contribution in [0.25, 0.3) is 0 Å². The SMILES string of the molecule is CS(=O)(=O)c1ccccc1Sc1nccnc1C#N. The zero-order valence-electron chi connectivity index (χ0n) is 9.94. The molecule has 1 aromatic carbocycles. The van der Waals surface area contributed by atoms with E-state index in [0.717, 1.165) is 18.0 Å². The van der Waals surface area contributed by atoms with Crippen molar-refractivity contribution >= 4 is 21.6 Å². The van der Waals surface area contributed by atoms with Crippen molar-refractivity contribution in [1.82, 2.24) is 9.97 Å². The Morgan fingerprint density at radius 1 is 1.21 bits per heavy atom. The molecular weight excluding hydrogens is 282 g/mol. The molecule has 5 nitrogen and oxygen atoms in total. The smallest absolute Gasteiger partial charge is 0.176 e. The van der Waals surface area contributed by atoms with E-state index >= 15 is 0 Å². The molecule has 0 saturated heterocycles. The van der Waals surface area contributed by atoms with Gasteiger partial charge in [-0.25, -0.2) is 18.4 Å². The molecule has 0 N–H and O–H groups in total. The van der Waals surface area contributed by atoms with Crippen LogP contribution in [0, 0.1) is 11.3 Å². The van der Waals surface area contributed by atoms with E-state index < -0.39 is 9.84 Å². The van der Waals surface area contributed by atoms with Crippen LogP contribution < -0.4 is 0 Å². The van der Waals surface area contributed by atoms with Crippen molar-refractivity contribution in [2.75, 3.05) is 6.26 Å². The zero-order chi connectivity index (χ0) is 13.9. The van der Waals surface area contributed by atoms with Crippen LogP contribution in [0.3, 0.4) is 0 Å². The first-order chi connectivity index (χ1) is 9.02. The topological polar surface area (TPSA) is 83.7 Å².